The Hall–Kier alpha value is -2.40. The molecule has 0 saturated carbocycles. The fourth-order valence-corrected chi connectivity index (χ4v) is 1.90. The minimum absolute atomic E-state index is 0.104. The van der Waals surface area contributed by atoms with E-state index in [2.05, 4.69) is 4.74 Å². The highest BCUT2D eigenvalue weighted by molar-refractivity contribution is 6.32. The van der Waals surface area contributed by atoms with Gasteiger partial charge in [-0.1, -0.05) is 11.6 Å². The maximum absolute atomic E-state index is 12.1. The third-order valence-corrected chi connectivity index (χ3v) is 3.09. The molecule has 0 radical (unpaired) electrons. The monoisotopic (exact) mass is 291 g/mol. The summed E-state index contributed by atoms with van der Waals surface area (Å²) in [5.41, 5.74) is 0.265. The normalized spacial score (nSPS) is 10.1. The zero-order valence-corrected chi connectivity index (χ0v) is 11.3. The van der Waals surface area contributed by atoms with E-state index >= 15 is 0 Å². The third kappa shape index (κ3) is 2.48. The van der Waals surface area contributed by atoms with Crippen molar-refractivity contribution in [2.45, 2.75) is 0 Å². The second kappa shape index (κ2) is 5.71. The van der Waals surface area contributed by atoms with E-state index in [1.54, 1.807) is 12.1 Å². The Labute approximate surface area is 119 Å². The minimum atomic E-state index is -0.515. The molecule has 0 fully saturated rings. The van der Waals surface area contributed by atoms with Gasteiger partial charge in [0, 0.05) is 11.9 Å². The second-order valence-corrected chi connectivity index (χ2v) is 4.32. The van der Waals surface area contributed by atoms with Crippen LogP contribution >= 0.6 is 11.6 Å². The Morgan fingerprint density at radius 1 is 1.25 bits per heavy atom. The van der Waals surface area contributed by atoms with E-state index < -0.39 is 11.5 Å². The minimum Gasteiger partial charge on any atom is -0.465 e. The molecule has 1 aromatic heterocycles. The number of aldehydes is 1. The van der Waals surface area contributed by atoms with Gasteiger partial charge in [0.25, 0.3) is 5.56 Å². The SMILES string of the molecule is COC(=O)c1ccc(-n2ccc(Cl)c(C=O)c2=O)cc1. The van der Waals surface area contributed by atoms with Crippen molar-refractivity contribution in [3.05, 3.63) is 63.0 Å². The second-order valence-electron chi connectivity index (χ2n) is 3.91. The lowest BCUT2D eigenvalue weighted by atomic mass is 10.2. The average Bonchev–Trinajstić information content (AvgIpc) is 2.47. The van der Waals surface area contributed by atoms with Gasteiger partial charge in [-0.3, -0.25) is 14.2 Å². The molecule has 5 nitrogen and oxygen atoms in total. The van der Waals surface area contributed by atoms with E-state index in [9.17, 15) is 14.4 Å². The molecule has 0 N–H and O–H groups in total. The Morgan fingerprint density at radius 3 is 2.45 bits per heavy atom. The smallest absolute Gasteiger partial charge is 0.337 e. The number of esters is 1. The summed E-state index contributed by atoms with van der Waals surface area (Å²) >= 11 is 5.77. The number of carbonyl (C=O) groups excluding carboxylic acids is 2. The Morgan fingerprint density at radius 2 is 1.90 bits per heavy atom. The molecule has 0 aliphatic heterocycles. The molecule has 6 heteroatoms. The van der Waals surface area contributed by atoms with Crippen molar-refractivity contribution in [2.24, 2.45) is 0 Å². The first-order valence-electron chi connectivity index (χ1n) is 5.63. The van der Waals surface area contributed by atoms with Gasteiger partial charge in [-0.25, -0.2) is 4.79 Å². The van der Waals surface area contributed by atoms with Crippen molar-refractivity contribution in [1.82, 2.24) is 4.57 Å². The summed E-state index contributed by atoms with van der Waals surface area (Å²) in [6, 6.07) is 7.68. The van der Waals surface area contributed by atoms with Gasteiger partial charge in [0.2, 0.25) is 0 Å². The van der Waals surface area contributed by atoms with Crippen molar-refractivity contribution in [3.63, 3.8) is 0 Å². The first kappa shape index (κ1) is 14.0. The lowest BCUT2D eigenvalue weighted by molar-refractivity contribution is 0.0600. The van der Waals surface area contributed by atoms with Crippen molar-refractivity contribution in [3.8, 4) is 5.69 Å². The van der Waals surface area contributed by atoms with Crippen LogP contribution in [0.1, 0.15) is 20.7 Å². The number of halogens is 1. The Balaban J connectivity index is 2.50. The van der Waals surface area contributed by atoms with Crippen molar-refractivity contribution >= 4 is 23.9 Å². The van der Waals surface area contributed by atoms with Crippen LogP contribution in [0.15, 0.2) is 41.3 Å². The summed E-state index contributed by atoms with van der Waals surface area (Å²) < 4.78 is 5.86. The lowest BCUT2D eigenvalue weighted by Crippen LogP contribution is -2.21. The number of hydrogen-bond donors (Lipinski definition) is 0. The van der Waals surface area contributed by atoms with Crippen molar-refractivity contribution < 1.29 is 14.3 Å². The number of benzene rings is 1. The number of aromatic nitrogens is 1. The van der Waals surface area contributed by atoms with Crippen LogP contribution in [0.3, 0.4) is 0 Å². The Bertz CT molecular complexity index is 719. The summed E-state index contributed by atoms with van der Waals surface area (Å²) in [5.74, 6) is -0.464. The molecule has 0 atom stereocenters. The third-order valence-electron chi connectivity index (χ3n) is 2.76. The largest absolute Gasteiger partial charge is 0.465 e. The maximum Gasteiger partial charge on any atom is 0.337 e. The molecule has 20 heavy (non-hydrogen) atoms. The fraction of sp³-hybridized carbons (Fsp3) is 0.0714. The summed E-state index contributed by atoms with van der Waals surface area (Å²) in [7, 11) is 1.29. The van der Waals surface area contributed by atoms with Crippen LogP contribution in [0.25, 0.3) is 5.69 Å². The van der Waals surface area contributed by atoms with Crippen LogP contribution in [-0.2, 0) is 4.74 Å². The molecule has 0 spiro atoms. The first-order chi connectivity index (χ1) is 9.58. The predicted molar refractivity (Wildman–Crippen MR) is 73.8 cm³/mol. The standard InChI is InChI=1S/C14H10ClNO4/c1-20-14(19)9-2-4-10(5-3-9)16-7-6-12(15)11(8-17)13(16)18/h2-8H,1H3. The topological polar surface area (TPSA) is 65.4 Å². The van der Waals surface area contributed by atoms with Crippen LogP contribution in [0.5, 0.6) is 0 Å². The predicted octanol–water partition coefficient (Wildman–Crippen LogP) is 2.09. The summed E-state index contributed by atoms with van der Waals surface area (Å²) in [4.78, 5) is 34.2. The molecule has 2 aromatic rings. The van der Waals surface area contributed by atoms with E-state index in [1.165, 1.54) is 36.1 Å². The van der Waals surface area contributed by atoms with Crippen LogP contribution in [-0.4, -0.2) is 23.9 Å². The number of nitrogens with zero attached hydrogens (tertiary/aromatic N) is 1. The molecule has 0 saturated heterocycles. The highest BCUT2D eigenvalue weighted by Crippen LogP contribution is 2.13. The van der Waals surface area contributed by atoms with E-state index in [-0.39, 0.29) is 10.6 Å². The van der Waals surface area contributed by atoms with Gasteiger partial charge >= 0.3 is 5.97 Å². The van der Waals surface area contributed by atoms with Crippen LogP contribution in [0.2, 0.25) is 5.02 Å². The zero-order valence-electron chi connectivity index (χ0n) is 10.5. The molecule has 0 amide bonds. The molecule has 0 aliphatic rings. The average molecular weight is 292 g/mol. The van der Waals surface area contributed by atoms with Gasteiger partial charge in [0.1, 0.15) is 0 Å². The number of methoxy groups -OCH3 is 1. The molecule has 1 heterocycles. The van der Waals surface area contributed by atoms with E-state index in [1.807, 2.05) is 0 Å². The molecule has 102 valence electrons. The van der Waals surface area contributed by atoms with E-state index in [4.69, 9.17) is 11.6 Å². The molecular formula is C14H10ClNO4. The molecule has 1 aromatic carbocycles. The summed E-state index contributed by atoms with van der Waals surface area (Å²) in [5, 5.41) is 0.104. The molecule has 0 bridgehead atoms. The van der Waals surface area contributed by atoms with Gasteiger partial charge in [-0.2, -0.15) is 0 Å². The number of pyridine rings is 1. The number of hydrogen-bond acceptors (Lipinski definition) is 4. The molecule has 0 unspecified atom stereocenters. The fourth-order valence-electron chi connectivity index (χ4n) is 1.72. The van der Waals surface area contributed by atoms with Crippen molar-refractivity contribution in [2.75, 3.05) is 7.11 Å². The molecule has 2 rings (SSSR count). The maximum atomic E-state index is 12.1. The number of ether oxygens (including phenoxy) is 1. The highest BCUT2D eigenvalue weighted by atomic mass is 35.5. The van der Waals surface area contributed by atoms with Gasteiger partial charge < -0.3 is 4.74 Å². The molecular weight excluding hydrogens is 282 g/mol. The highest BCUT2D eigenvalue weighted by Gasteiger charge is 2.10. The van der Waals surface area contributed by atoms with Gasteiger partial charge in [0.05, 0.1) is 23.3 Å². The summed E-state index contributed by atoms with van der Waals surface area (Å²) in [6.45, 7) is 0. The van der Waals surface area contributed by atoms with Gasteiger partial charge in [0.15, 0.2) is 6.29 Å². The van der Waals surface area contributed by atoms with Crippen molar-refractivity contribution in [1.29, 1.82) is 0 Å². The van der Waals surface area contributed by atoms with Crippen LogP contribution in [0, 0.1) is 0 Å². The van der Waals surface area contributed by atoms with E-state index in [0.29, 0.717) is 17.5 Å². The van der Waals surface area contributed by atoms with Crippen LogP contribution in [0.4, 0.5) is 0 Å². The number of carbonyl (C=O) groups is 2. The van der Waals surface area contributed by atoms with Gasteiger partial charge in [-0.05, 0) is 30.3 Å². The summed E-state index contributed by atoms with van der Waals surface area (Å²) in [6.07, 6.45) is 1.88. The quantitative estimate of drug-likeness (QED) is 0.641. The lowest BCUT2D eigenvalue weighted by Gasteiger charge is -2.07. The van der Waals surface area contributed by atoms with Crippen LogP contribution < -0.4 is 5.56 Å². The van der Waals surface area contributed by atoms with E-state index in [0.717, 1.165) is 0 Å². The number of rotatable bonds is 3. The first-order valence-corrected chi connectivity index (χ1v) is 6.01. The molecule has 0 aliphatic carbocycles. The van der Waals surface area contributed by atoms with Gasteiger partial charge in [-0.15, -0.1) is 0 Å². The zero-order chi connectivity index (χ0) is 14.7. The Kier molecular flexibility index (Phi) is 4.00.